The third-order valence-electron chi connectivity index (χ3n) is 21.7. The van der Waals surface area contributed by atoms with Crippen LogP contribution in [0.15, 0.2) is 133 Å². The van der Waals surface area contributed by atoms with Gasteiger partial charge >= 0.3 is 0 Å². The fraction of sp³-hybridized carbons (Fsp3) is 0.341. The summed E-state index contributed by atoms with van der Waals surface area (Å²) in [4.78, 5) is 0. The highest BCUT2D eigenvalue weighted by Gasteiger charge is 2.57. The Balaban J connectivity index is 1.18. The van der Waals surface area contributed by atoms with Crippen LogP contribution < -0.4 is 37.1 Å². The predicted molar refractivity (Wildman–Crippen MR) is 381 cm³/mol. The van der Waals surface area contributed by atoms with E-state index >= 15 is 0 Å². The van der Waals surface area contributed by atoms with E-state index in [1.165, 1.54) is 160 Å². The number of hydrogen-bond acceptors (Lipinski definition) is 0. The topological polar surface area (TPSA) is 14.8 Å². The molecule has 0 amide bonds. The lowest BCUT2D eigenvalue weighted by molar-refractivity contribution is 0.590. The van der Waals surface area contributed by atoms with Crippen LogP contribution in [-0.2, 0) is 21.7 Å². The quantitative estimate of drug-likeness (QED) is 0.153. The van der Waals surface area contributed by atoms with Gasteiger partial charge in [0.2, 0.25) is 0 Å². The second-order valence-electron chi connectivity index (χ2n) is 32.6. The second kappa shape index (κ2) is 17.5. The van der Waals surface area contributed by atoms with E-state index in [0.717, 1.165) is 0 Å². The van der Waals surface area contributed by atoms with Gasteiger partial charge in [-0.3, -0.25) is 0 Å². The molecule has 0 atom stereocenters. The first kappa shape index (κ1) is 55.0. The normalized spacial score (nSPS) is 14.9. The Morgan fingerprint density at radius 3 is 1.47 bits per heavy atom. The van der Waals surface area contributed by atoms with Gasteiger partial charge in [-0.2, -0.15) is 0 Å². The van der Waals surface area contributed by atoms with Gasteiger partial charge in [-0.25, -0.2) is 0 Å². The van der Waals surface area contributed by atoms with Gasteiger partial charge in [-0.1, -0.05) is 217 Å². The largest absolute Gasteiger partial charge is 0.310 e. The van der Waals surface area contributed by atoms with Gasteiger partial charge in [0.1, 0.15) is 0 Å². The minimum absolute atomic E-state index is 0.0511. The predicted octanol–water partition coefficient (Wildman–Crippen LogP) is 17.5. The van der Waals surface area contributed by atoms with E-state index in [-0.39, 0.29) is 28.4 Å². The fourth-order valence-corrected chi connectivity index (χ4v) is 22.5. The van der Waals surface area contributed by atoms with Gasteiger partial charge < -0.3 is 13.7 Å². The molecular formula is C82H86BN3Si. The lowest BCUT2D eigenvalue weighted by Gasteiger charge is -2.43. The van der Waals surface area contributed by atoms with Crippen LogP contribution in [0.5, 0.6) is 0 Å². The van der Waals surface area contributed by atoms with Crippen molar-refractivity contribution in [2.45, 2.75) is 184 Å². The van der Waals surface area contributed by atoms with Crippen molar-refractivity contribution in [3.63, 3.8) is 0 Å². The Morgan fingerprint density at radius 1 is 0.356 bits per heavy atom. The minimum atomic E-state index is -3.24. The maximum Gasteiger partial charge on any atom is 0.252 e. The number of benzene rings is 9. The average molecular weight is 1150 g/mol. The van der Waals surface area contributed by atoms with Gasteiger partial charge in [0, 0.05) is 54.9 Å². The summed E-state index contributed by atoms with van der Waals surface area (Å²) in [5.74, 6) is 1.45. The molecule has 0 aliphatic carbocycles. The lowest BCUT2D eigenvalue weighted by Crippen LogP contribution is -2.77. The van der Waals surface area contributed by atoms with E-state index in [2.05, 4.69) is 286 Å². The van der Waals surface area contributed by atoms with E-state index in [9.17, 15) is 0 Å². The third kappa shape index (κ3) is 7.13. The van der Waals surface area contributed by atoms with Crippen molar-refractivity contribution in [3.05, 3.63) is 178 Å². The van der Waals surface area contributed by atoms with Crippen LogP contribution in [0.25, 0.3) is 93.6 Å². The molecule has 0 unspecified atom stereocenters. The summed E-state index contributed by atoms with van der Waals surface area (Å²) in [7, 11) is -3.24. The molecule has 4 aliphatic rings. The summed E-state index contributed by atoms with van der Waals surface area (Å²) in [5, 5.41) is 14.5. The molecule has 87 heavy (non-hydrogen) atoms. The van der Waals surface area contributed by atoms with Crippen molar-refractivity contribution in [2.75, 3.05) is 0 Å². The molecule has 0 radical (unpaired) electrons. The molecule has 3 nitrogen and oxygen atoms in total. The molecule has 1 spiro atoms. The van der Waals surface area contributed by atoms with Crippen molar-refractivity contribution in [1.29, 1.82) is 0 Å². The van der Waals surface area contributed by atoms with Crippen molar-refractivity contribution in [3.8, 4) is 28.2 Å². The van der Waals surface area contributed by atoms with Crippen molar-refractivity contribution in [2.24, 2.45) is 0 Å². The van der Waals surface area contributed by atoms with Crippen LogP contribution in [0.3, 0.4) is 0 Å². The molecule has 5 heteroatoms. The molecule has 0 fully saturated rings. The molecule has 7 heterocycles. The smallest absolute Gasteiger partial charge is 0.252 e. The third-order valence-corrected chi connectivity index (χ3v) is 26.5. The Labute approximate surface area is 517 Å². The molecule has 9 aromatic carbocycles. The molecule has 3 aromatic heterocycles. The SMILES string of the molecule is CC(C)c1ccc(-n2c3ccc(C(C)C)cc3c3c4c5c(C(C)C)cc(C(C)C)cc5n5c4c(cc32)B2c3c-5ccc4c3-n3c5c2cc(C(C)(C)C)cc5c2cc(C(C)(C)C)cc(c23)[Si]42c3cc(C(C)(C)C)ccc3-c3ccc(C(C)(C)C)cc32)cc1. The molecule has 0 saturated heterocycles. The Hall–Kier alpha value is -7.34. The molecule has 0 saturated carbocycles. The summed E-state index contributed by atoms with van der Waals surface area (Å²) in [5.41, 5.74) is 30.1. The fourth-order valence-electron chi connectivity index (χ4n) is 16.8. The molecule has 4 aliphatic heterocycles. The molecule has 436 valence electrons. The number of hydrogen-bond donors (Lipinski definition) is 0. The average Bonchev–Trinajstić information content (AvgIpc) is 1.54. The van der Waals surface area contributed by atoms with Gasteiger partial charge in [-0.05, 0) is 193 Å². The number of fused-ring (bicyclic) bond motifs is 18. The van der Waals surface area contributed by atoms with Crippen LogP contribution in [0.1, 0.15) is 207 Å². The Morgan fingerprint density at radius 2 is 0.897 bits per heavy atom. The zero-order valence-electron chi connectivity index (χ0n) is 55.4. The van der Waals surface area contributed by atoms with Gasteiger partial charge in [-0.15, -0.1) is 0 Å². The highest BCUT2D eigenvalue weighted by Crippen LogP contribution is 2.50. The van der Waals surface area contributed by atoms with Gasteiger partial charge in [0.05, 0.1) is 27.6 Å². The summed E-state index contributed by atoms with van der Waals surface area (Å²) < 4.78 is 8.36. The maximum absolute atomic E-state index is 3.24. The first-order chi connectivity index (χ1) is 41.0. The van der Waals surface area contributed by atoms with E-state index < -0.39 is 8.07 Å². The van der Waals surface area contributed by atoms with Crippen LogP contribution >= 0.6 is 0 Å². The first-order valence-corrected chi connectivity index (χ1v) is 34.9. The zero-order chi connectivity index (χ0) is 61.2. The van der Waals surface area contributed by atoms with Gasteiger partial charge in [0.25, 0.3) is 6.71 Å². The van der Waals surface area contributed by atoms with Crippen LogP contribution in [-0.4, -0.2) is 28.5 Å². The lowest BCUT2D eigenvalue weighted by atomic mass is 9.34. The number of nitrogens with zero attached hydrogens (tertiary/aromatic N) is 3. The highest BCUT2D eigenvalue weighted by atomic mass is 28.3. The summed E-state index contributed by atoms with van der Waals surface area (Å²) in [6.07, 6.45) is 0. The van der Waals surface area contributed by atoms with Gasteiger partial charge in [0.15, 0.2) is 8.07 Å². The van der Waals surface area contributed by atoms with Crippen LogP contribution in [0, 0.1) is 0 Å². The minimum Gasteiger partial charge on any atom is -0.310 e. The molecular weight excluding hydrogens is 1070 g/mol. The molecule has 16 rings (SSSR count). The highest BCUT2D eigenvalue weighted by molar-refractivity contribution is 7.24. The summed E-state index contributed by atoms with van der Waals surface area (Å²) in [6, 6.07) is 56.4. The Kier molecular flexibility index (Phi) is 11.1. The van der Waals surface area contributed by atoms with Crippen LogP contribution in [0.2, 0.25) is 0 Å². The van der Waals surface area contributed by atoms with Crippen molar-refractivity contribution < 1.29 is 0 Å². The summed E-state index contributed by atoms with van der Waals surface area (Å²) in [6.45, 7) is 48.1. The first-order valence-electron chi connectivity index (χ1n) is 32.9. The maximum atomic E-state index is 2.88. The number of aromatic nitrogens is 3. The zero-order valence-corrected chi connectivity index (χ0v) is 56.4. The van der Waals surface area contributed by atoms with E-state index in [1.807, 2.05) is 0 Å². The monoisotopic (exact) mass is 1150 g/mol. The van der Waals surface area contributed by atoms with Crippen LogP contribution in [0.4, 0.5) is 0 Å². The molecule has 0 N–H and O–H groups in total. The number of rotatable bonds is 5. The Bertz CT molecular complexity index is 5010. The molecule has 0 bridgehead atoms. The standard InChI is InChI=1S/C82H86BN3Si/c1-43(2)47-21-26-54(27-22-47)84-63-30-23-48(44(3)4)33-60(63)72-66(84)42-62-77-73(72)71-57(46(7)8)34-49(45(5)6)35-65(71)85(77)64-31-32-67-78-74(64)83(62)61-38-52(81(15,16)17)36-58-59-37-53(82(18,19)20)41-70(76(59)86(78)75(58)61)87(67)68-39-50(79(9,10)11)24-28-55(68)56-29-25-51(40-69(56)87)80(12,13)14/h21-46H,1-20H3. The van der Waals surface area contributed by atoms with Crippen molar-refractivity contribution >= 4 is 117 Å². The van der Waals surface area contributed by atoms with E-state index in [1.54, 1.807) is 15.6 Å². The molecule has 12 aromatic rings. The second-order valence-corrected chi connectivity index (χ2v) is 36.2. The van der Waals surface area contributed by atoms with E-state index in [4.69, 9.17) is 0 Å². The summed E-state index contributed by atoms with van der Waals surface area (Å²) >= 11 is 0. The van der Waals surface area contributed by atoms with E-state index in [0.29, 0.717) is 23.7 Å². The van der Waals surface area contributed by atoms with Crippen molar-refractivity contribution in [1.82, 2.24) is 13.7 Å².